The van der Waals surface area contributed by atoms with Crippen LogP contribution >= 0.6 is 0 Å². The highest BCUT2D eigenvalue weighted by Crippen LogP contribution is 2.60. The molecule has 1 spiro atoms. The fourth-order valence-electron chi connectivity index (χ4n) is 4.85. The predicted octanol–water partition coefficient (Wildman–Crippen LogP) is 3.71. The zero-order valence-electron chi connectivity index (χ0n) is 19.0. The smallest absolute Gasteiger partial charge is 0.222 e. The second-order valence-electron chi connectivity index (χ2n) is 9.38. The molecular weight excluding hydrogens is 402 g/mol. The van der Waals surface area contributed by atoms with E-state index < -0.39 is 0 Å². The topological polar surface area (TPSA) is 103 Å². The number of hydrogen-bond acceptors (Lipinski definition) is 7. The molecule has 8 heteroatoms. The van der Waals surface area contributed by atoms with Crippen LogP contribution < -0.4 is 21.1 Å². The summed E-state index contributed by atoms with van der Waals surface area (Å²) in [4.78, 5) is 8.81. The van der Waals surface area contributed by atoms with Crippen molar-refractivity contribution in [2.75, 3.05) is 24.7 Å². The first-order valence-electron chi connectivity index (χ1n) is 11.7. The summed E-state index contributed by atoms with van der Waals surface area (Å²) in [5, 5.41) is 11.7. The first-order valence-corrected chi connectivity index (χ1v) is 11.7. The van der Waals surface area contributed by atoms with E-state index in [0.29, 0.717) is 12.6 Å². The molecule has 8 nitrogen and oxygen atoms in total. The van der Waals surface area contributed by atoms with E-state index in [-0.39, 0.29) is 5.95 Å². The summed E-state index contributed by atoms with van der Waals surface area (Å²) in [6, 6.07) is 7.07. The second kappa shape index (κ2) is 8.58. The molecule has 170 valence electrons. The number of ether oxygens (including phenoxy) is 1. The van der Waals surface area contributed by atoms with Crippen molar-refractivity contribution in [3.63, 3.8) is 0 Å². The molecule has 0 saturated heterocycles. The molecule has 0 radical (unpaired) electrons. The van der Waals surface area contributed by atoms with E-state index in [9.17, 15) is 0 Å². The van der Waals surface area contributed by atoms with Crippen molar-refractivity contribution in [3.8, 4) is 5.75 Å². The Morgan fingerprint density at radius 3 is 2.84 bits per heavy atom. The highest BCUT2D eigenvalue weighted by molar-refractivity contribution is 5.86. The first kappa shape index (κ1) is 21.0. The van der Waals surface area contributed by atoms with Gasteiger partial charge in [0.05, 0.1) is 19.9 Å². The molecule has 2 heterocycles. The number of aromatic nitrogens is 4. The van der Waals surface area contributed by atoms with Crippen LogP contribution in [0.4, 0.5) is 11.8 Å². The molecule has 2 aliphatic rings. The van der Waals surface area contributed by atoms with Crippen molar-refractivity contribution >= 4 is 22.8 Å². The van der Waals surface area contributed by atoms with Gasteiger partial charge in [-0.15, -0.1) is 0 Å². The number of hydrogen-bond donors (Lipinski definition) is 3. The third-order valence-electron chi connectivity index (χ3n) is 6.90. The van der Waals surface area contributed by atoms with Crippen LogP contribution in [0.25, 0.3) is 11.0 Å². The minimum atomic E-state index is 0.255. The quantitative estimate of drug-likeness (QED) is 0.417. The number of anilines is 2. The van der Waals surface area contributed by atoms with Gasteiger partial charge in [-0.1, -0.05) is 19.4 Å². The van der Waals surface area contributed by atoms with E-state index >= 15 is 0 Å². The van der Waals surface area contributed by atoms with E-state index in [4.69, 9.17) is 10.5 Å². The van der Waals surface area contributed by atoms with E-state index in [1.807, 2.05) is 4.68 Å². The fourth-order valence-corrected chi connectivity index (χ4v) is 4.85. The lowest BCUT2D eigenvalue weighted by Crippen LogP contribution is -2.41. The zero-order chi connectivity index (χ0) is 22.1. The van der Waals surface area contributed by atoms with Crippen molar-refractivity contribution in [3.05, 3.63) is 35.5 Å². The molecule has 0 bridgehead atoms. The standard InChI is InChI=1S/C24H33N7O/c1-3-4-9-26-22-21-19(29-23(25)30-22)14-28-31(21)15-17-10-16(5-6-20(17)32-2)13-27-18-11-24(12-18)7-8-24/h5-6,10,14,18,27H,3-4,7-9,11-13,15H2,1-2H3,(H3,25,26,29,30). The maximum absolute atomic E-state index is 5.92. The minimum absolute atomic E-state index is 0.255. The molecule has 0 amide bonds. The van der Waals surface area contributed by atoms with Crippen molar-refractivity contribution < 1.29 is 4.74 Å². The van der Waals surface area contributed by atoms with Gasteiger partial charge in [-0.25, -0.2) is 4.98 Å². The SMILES string of the molecule is CCCCNc1nc(N)nc2cnn(Cc3cc(CNC4CC5(CC5)C4)ccc3OC)c12. The van der Waals surface area contributed by atoms with Crippen LogP contribution in [-0.2, 0) is 13.1 Å². The molecule has 2 aromatic heterocycles. The number of nitrogens with two attached hydrogens (primary N) is 1. The van der Waals surface area contributed by atoms with Gasteiger partial charge in [-0.3, -0.25) is 4.68 Å². The monoisotopic (exact) mass is 435 g/mol. The Morgan fingerprint density at radius 2 is 2.09 bits per heavy atom. The molecule has 3 aromatic rings. The summed E-state index contributed by atoms with van der Waals surface area (Å²) in [6.45, 7) is 4.45. The van der Waals surface area contributed by atoms with Crippen molar-refractivity contribution in [2.24, 2.45) is 5.41 Å². The molecule has 0 unspecified atom stereocenters. The van der Waals surface area contributed by atoms with Gasteiger partial charge < -0.3 is 21.1 Å². The molecule has 0 aliphatic heterocycles. The predicted molar refractivity (Wildman–Crippen MR) is 127 cm³/mol. The van der Waals surface area contributed by atoms with Gasteiger partial charge in [0, 0.05) is 24.7 Å². The Hall–Kier alpha value is -2.87. The zero-order valence-corrected chi connectivity index (χ0v) is 19.0. The highest BCUT2D eigenvalue weighted by atomic mass is 16.5. The molecule has 32 heavy (non-hydrogen) atoms. The number of benzene rings is 1. The van der Waals surface area contributed by atoms with E-state index in [0.717, 1.165) is 59.5 Å². The number of unbranched alkanes of at least 4 members (excludes halogenated alkanes) is 1. The van der Waals surface area contributed by atoms with Crippen LogP contribution in [0.2, 0.25) is 0 Å². The summed E-state index contributed by atoms with van der Waals surface area (Å²) < 4.78 is 7.59. The van der Waals surface area contributed by atoms with Gasteiger partial charge in [-0.2, -0.15) is 10.1 Å². The van der Waals surface area contributed by atoms with Crippen LogP contribution in [-0.4, -0.2) is 39.4 Å². The lowest BCUT2D eigenvalue weighted by Gasteiger charge is -2.36. The fraction of sp³-hybridized carbons (Fsp3) is 0.542. The van der Waals surface area contributed by atoms with Gasteiger partial charge in [-0.05, 0) is 55.2 Å². The average Bonchev–Trinajstić information content (AvgIpc) is 3.47. The molecule has 1 aromatic carbocycles. The van der Waals surface area contributed by atoms with E-state index in [2.05, 4.69) is 50.8 Å². The average molecular weight is 436 g/mol. The molecule has 2 fully saturated rings. The van der Waals surface area contributed by atoms with Gasteiger partial charge in [0.25, 0.3) is 0 Å². The normalized spacial score (nSPS) is 16.9. The Bertz CT molecular complexity index is 1100. The van der Waals surface area contributed by atoms with Crippen LogP contribution in [0.15, 0.2) is 24.4 Å². The number of nitrogens with one attached hydrogen (secondary N) is 2. The van der Waals surface area contributed by atoms with Gasteiger partial charge in [0.1, 0.15) is 16.8 Å². The highest BCUT2D eigenvalue weighted by Gasteiger charge is 2.52. The maximum atomic E-state index is 5.92. The lowest BCUT2D eigenvalue weighted by atomic mass is 9.77. The molecule has 4 N–H and O–H groups in total. The van der Waals surface area contributed by atoms with Gasteiger partial charge in [0.15, 0.2) is 5.82 Å². The van der Waals surface area contributed by atoms with Crippen molar-refractivity contribution in [1.82, 2.24) is 25.1 Å². The number of methoxy groups -OCH3 is 1. The van der Waals surface area contributed by atoms with E-state index in [1.54, 1.807) is 13.3 Å². The number of nitrogen functional groups attached to an aromatic ring is 1. The van der Waals surface area contributed by atoms with Gasteiger partial charge >= 0.3 is 0 Å². The third kappa shape index (κ3) is 4.24. The summed E-state index contributed by atoms with van der Waals surface area (Å²) in [7, 11) is 1.71. The largest absolute Gasteiger partial charge is 0.496 e. The second-order valence-corrected chi connectivity index (χ2v) is 9.38. The van der Waals surface area contributed by atoms with E-state index in [1.165, 1.54) is 31.2 Å². The molecular formula is C24H33N7O. The van der Waals surface area contributed by atoms with Gasteiger partial charge in [0.2, 0.25) is 5.95 Å². The third-order valence-corrected chi connectivity index (χ3v) is 6.90. The molecule has 2 aliphatic carbocycles. The Labute approximate surface area is 189 Å². The van der Waals surface area contributed by atoms with Crippen molar-refractivity contribution in [2.45, 2.75) is 64.6 Å². The first-order chi connectivity index (χ1) is 15.6. The molecule has 2 saturated carbocycles. The van der Waals surface area contributed by atoms with Crippen LogP contribution in [0.5, 0.6) is 5.75 Å². The molecule has 5 rings (SSSR count). The van der Waals surface area contributed by atoms with Crippen molar-refractivity contribution in [1.29, 1.82) is 0 Å². The maximum Gasteiger partial charge on any atom is 0.222 e. The van der Waals surface area contributed by atoms with Crippen LogP contribution in [0.1, 0.15) is 56.6 Å². The van der Waals surface area contributed by atoms with Crippen LogP contribution in [0.3, 0.4) is 0 Å². The number of rotatable bonds is 10. The lowest BCUT2D eigenvalue weighted by molar-refractivity contribution is 0.198. The van der Waals surface area contributed by atoms with Crippen LogP contribution in [0, 0.1) is 5.41 Å². The summed E-state index contributed by atoms with van der Waals surface area (Å²) in [5.74, 6) is 1.84. The Morgan fingerprint density at radius 1 is 1.25 bits per heavy atom. The summed E-state index contributed by atoms with van der Waals surface area (Å²) in [6.07, 6.45) is 9.46. The number of fused-ring (bicyclic) bond motifs is 1. The molecule has 0 atom stereocenters. The Kier molecular flexibility index (Phi) is 5.63. The Balaban J connectivity index is 1.36. The summed E-state index contributed by atoms with van der Waals surface area (Å²) >= 11 is 0. The number of nitrogens with zero attached hydrogens (tertiary/aromatic N) is 4. The minimum Gasteiger partial charge on any atom is -0.496 e. The summed E-state index contributed by atoms with van der Waals surface area (Å²) in [5.41, 5.74) is 10.6.